The molecule has 1 saturated heterocycles. The molecule has 2 aliphatic rings. The molecule has 2 atom stereocenters. The molecule has 2 aromatic heterocycles. The quantitative estimate of drug-likeness (QED) is 0.840. The van der Waals surface area contributed by atoms with E-state index in [0.717, 1.165) is 11.5 Å². The summed E-state index contributed by atoms with van der Waals surface area (Å²) in [5.74, 6) is -3.19. The number of hydrogen-bond donors (Lipinski definition) is 1. The summed E-state index contributed by atoms with van der Waals surface area (Å²) < 4.78 is 28.3. The molecule has 1 unspecified atom stereocenters. The lowest BCUT2D eigenvalue weighted by Gasteiger charge is -2.41. The van der Waals surface area contributed by atoms with Crippen LogP contribution in [-0.2, 0) is 11.8 Å². The maximum Gasteiger partial charge on any atom is 0.260 e. The molecule has 1 amide bonds. The molecule has 28 heavy (non-hydrogen) atoms. The second-order valence-corrected chi connectivity index (χ2v) is 7.32. The van der Waals surface area contributed by atoms with Crippen molar-refractivity contribution in [2.45, 2.75) is 31.7 Å². The number of piperazine rings is 1. The SMILES string of the molecule is CC[C@@H]1CN(c2ccnc(Nc3cnn(C)c3)n2)CCN1C(=O)C1CC1(F)F. The molecule has 0 bridgehead atoms. The van der Waals surface area contributed by atoms with Crippen LogP contribution in [0.25, 0.3) is 0 Å². The zero-order chi connectivity index (χ0) is 19.9. The Hall–Kier alpha value is -2.78. The van der Waals surface area contributed by atoms with Gasteiger partial charge in [-0.25, -0.2) is 13.8 Å². The number of aryl methyl sites for hydroxylation is 1. The van der Waals surface area contributed by atoms with E-state index >= 15 is 0 Å². The number of hydrogen-bond acceptors (Lipinski definition) is 6. The van der Waals surface area contributed by atoms with Crippen LogP contribution in [0.3, 0.4) is 0 Å². The van der Waals surface area contributed by atoms with E-state index in [1.807, 2.05) is 26.2 Å². The minimum absolute atomic E-state index is 0.109. The monoisotopic (exact) mass is 391 g/mol. The fourth-order valence-corrected chi connectivity index (χ4v) is 3.58. The molecule has 8 nitrogen and oxygen atoms in total. The Morgan fingerprint density at radius 3 is 2.82 bits per heavy atom. The van der Waals surface area contributed by atoms with Crippen molar-refractivity contribution < 1.29 is 13.6 Å². The molecule has 150 valence electrons. The first-order chi connectivity index (χ1) is 13.4. The van der Waals surface area contributed by atoms with Gasteiger partial charge in [0.15, 0.2) is 0 Å². The molecule has 1 saturated carbocycles. The van der Waals surface area contributed by atoms with Gasteiger partial charge >= 0.3 is 0 Å². The Morgan fingerprint density at radius 1 is 1.39 bits per heavy atom. The summed E-state index contributed by atoms with van der Waals surface area (Å²) in [4.78, 5) is 24.9. The number of carbonyl (C=O) groups excluding carboxylic acids is 1. The summed E-state index contributed by atoms with van der Waals surface area (Å²) in [6, 6.07) is 1.70. The Morgan fingerprint density at radius 2 is 2.18 bits per heavy atom. The summed E-state index contributed by atoms with van der Waals surface area (Å²) in [5.41, 5.74) is 0.784. The highest BCUT2D eigenvalue weighted by Crippen LogP contribution is 2.50. The van der Waals surface area contributed by atoms with Crippen molar-refractivity contribution in [1.82, 2.24) is 24.6 Å². The smallest absolute Gasteiger partial charge is 0.260 e. The van der Waals surface area contributed by atoms with Gasteiger partial charge < -0.3 is 15.1 Å². The van der Waals surface area contributed by atoms with Gasteiger partial charge in [-0.2, -0.15) is 10.1 Å². The first-order valence-corrected chi connectivity index (χ1v) is 9.39. The second-order valence-electron chi connectivity index (χ2n) is 7.32. The molecule has 2 aromatic rings. The van der Waals surface area contributed by atoms with Crippen LogP contribution in [0.2, 0.25) is 0 Å². The van der Waals surface area contributed by atoms with Gasteiger partial charge in [0.2, 0.25) is 11.9 Å². The van der Waals surface area contributed by atoms with Gasteiger partial charge in [-0.1, -0.05) is 6.92 Å². The van der Waals surface area contributed by atoms with Crippen LogP contribution < -0.4 is 10.2 Å². The Balaban J connectivity index is 1.44. The van der Waals surface area contributed by atoms with Crippen molar-refractivity contribution >= 4 is 23.4 Å². The molecule has 0 aromatic carbocycles. The largest absolute Gasteiger partial charge is 0.353 e. The molecule has 0 spiro atoms. The standard InChI is InChI=1S/C18H23F2N7O/c1-3-13-11-26(6-7-27(13)16(28)14-8-18(14,19)20)15-4-5-21-17(24-15)23-12-9-22-25(2)10-12/h4-5,9-10,13-14H,3,6-8,11H2,1-2H3,(H,21,23,24)/t13-,14?/m1/s1. The molecule has 0 radical (unpaired) electrons. The summed E-state index contributed by atoms with van der Waals surface area (Å²) in [5, 5.41) is 7.21. The number of halogens is 2. The Bertz CT molecular complexity index is 871. The maximum absolute atomic E-state index is 13.3. The third kappa shape index (κ3) is 3.63. The second kappa shape index (κ2) is 6.99. The van der Waals surface area contributed by atoms with Crippen molar-refractivity contribution in [3.8, 4) is 0 Å². The van der Waals surface area contributed by atoms with Crippen LogP contribution in [0.5, 0.6) is 0 Å². The van der Waals surface area contributed by atoms with Crippen molar-refractivity contribution in [2.24, 2.45) is 13.0 Å². The minimum Gasteiger partial charge on any atom is -0.353 e. The van der Waals surface area contributed by atoms with Crippen molar-refractivity contribution in [3.05, 3.63) is 24.7 Å². The molecule has 1 aliphatic carbocycles. The maximum atomic E-state index is 13.3. The topological polar surface area (TPSA) is 79.2 Å². The van der Waals surface area contributed by atoms with Crippen LogP contribution in [0.1, 0.15) is 19.8 Å². The van der Waals surface area contributed by atoms with Gasteiger partial charge in [-0.05, 0) is 12.5 Å². The average Bonchev–Trinajstić information content (AvgIpc) is 3.13. The van der Waals surface area contributed by atoms with Crippen molar-refractivity contribution in [1.29, 1.82) is 0 Å². The van der Waals surface area contributed by atoms with Crippen LogP contribution in [0.4, 0.5) is 26.2 Å². The van der Waals surface area contributed by atoms with E-state index in [4.69, 9.17) is 0 Å². The van der Waals surface area contributed by atoms with Crippen LogP contribution in [0.15, 0.2) is 24.7 Å². The summed E-state index contributed by atoms with van der Waals surface area (Å²) in [6.45, 7) is 3.49. The third-order valence-electron chi connectivity index (χ3n) is 5.29. The highest BCUT2D eigenvalue weighted by Gasteiger charge is 2.62. The van der Waals surface area contributed by atoms with Crippen LogP contribution in [-0.4, -0.2) is 62.2 Å². The van der Waals surface area contributed by atoms with E-state index in [2.05, 4.69) is 25.3 Å². The van der Waals surface area contributed by atoms with Gasteiger partial charge in [0, 0.05) is 51.5 Å². The zero-order valence-electron chi connectivity index (χ0n) is 15.8. The molecular formula is C18H23F2N7O. The predicted octanol–water partition coefficient (Wildman–Crippen LogP) is 2.04. The van der Waals surface area contributed by atoms with E-state index in [0.29, 0.717) is 32.0 Å². The Kier molecular flexibility index (Phi) is 4.64. The number of anilines is 3. The van der Waals surface area contributed by atoms with Crippen molar-refractivity contribution in [3.63, 3.8) is 0 Å². The number of alkyl halides is 2. The number of carbonyl (C=O) groups is 1. The lowest BCUT2D eigenvalue weighted by Crippen LogP contribution is -2.56. The summed E-state index contributed by atoms with van der Waals surface area (Å²) in [7, 11) is 1.83. The van der Waals surface area contributed by atoms with E-state index in [1.165, 1.54) is 0 Å². The molecule has 1 N–H and O–H groups in total. The normalized spacial score (nSPS) is 23.6. The summed E-state index contributed by atoms with van der Waals surface area (Å²) in [6.07, 6.45) is 5.55. The highest BCUT2D eigenvalue weighted by molar-refractivity contribution is 5.83. The molecule has 1 aliphatic heterocycles. The average molecular weight is 391 g/mol. The molecule has 10 heteroatoms. The van der Waals surface area contributed by atoms with Gasteiger partial charge in [-0.3, -0.25) is 9.48 Å². The molecule has 3 heterocycles. The number of nitrogens with zero attached hydrogens (tertiary/aromatic N) is 6. The fraction of sp³-hybridized carbons (Fsp3) is 0.556. The zero-order valence-corrected chi connectivity index (χ0v) is 15.8. The van der Waals surface area contributed by atoms with E-state index in [9.17, 15) is 13.6 Å². The predicted molar refractivity (Wildman–Crippen MR) is 99.6 cm³/mol. The van der Waals surface area contributed by atoms with Gasteiger partial charge in [0.25, 0.3) is 5.92 Å². The third-order valence-corrected chi connectivity index (χ3v) is 5.29. The van der Waals surface area contributed by atoms with E-state index in [-0.39, 0.29) is 12.5 Å². The number of nitrogens with one attached hydrogen (secondary N) is 1. The van der Waals surface area contributed by atoms with Gasteiger partial charge in [0.1, 0.15) is 11.7 Å². The van der Waals surface area contributed by atoms with E-state index < -0.39 is 17.7 Å². The van der Waals surface area contributed by atoms with Gasteiger partial charge in [-0.15, -0.1) is 0 Å². The highest BCUT2D eigenvalue weighted by atomic mass is 19.3. The number of aromatic nitrogens is 4. The Labute approximate surface area is 161 Å². The number of rotatable bonds is 5. The lowest BCUT2D eigenvalue weighted by molar-refractivity contribution is -0.137. The summed E-state index contributed by atoms with van der Waals surface area (Å²) >= 11 is 0. The molecule has 2 fully saturated rings. The van der Waals surface area contributed by atoms with Crippen LogP contribution in [0, 0.1) is 5.92 Å². The molecule has 4 rings (SSSR count). The van der Waals surface area contributed by atoms with Crippen molar-refractivity contribution in [2.75, 3.05) is 29.9 Å². The number of amides is 1. The molecular weight excluding hydrogens is 368 g/mol. The first kappa shape index (κ1) is 18.6. The van der Waals surface area contributed by atoms with E-state index in [1.54, 1.807) is 22.0 Å². The minimum atomic E-state index is -2.83. The van der Waals surface area contributed by atoms with Gasteiger partial charge in [0.05, 0.1) is 11.9 Å². The van der Waals surface area contributed by atoms with Crippen LogP contribution >= 0.6 is 0 Å². The lowest BCUT2D eigenvalue weighted by atomic mass is 10.1. The fourth-order valence-electron chi connectivity index (χ4n) is 3.58. The first-order valence-electron chi connectivity index (χ1n) is 9.39.